The van der Waals surface area contributed by atoms with Gasteiger partial charge in [-0.25, -0.2) is 14.2 Å². The first-order valence-electron chi connectivity index (χ1n) is 15.4. The zero-order chi connectivity index (χ0) is 31.7. The summed E-state index contributed by atoms with van der Waals surface area (Å²) in [7, 11) is 2.10. The number of halogens is 1. The second-order valence-electron chi connectivity index (χ2n) is 12.3. The summed E-state index contributed by atoms with van der Waals surface area (Å²) in [6.45, 7) is 21.4. The summed E-state index contributed by atoms with van der Waals surface area (Å²) >= 11 is 0. The number of anilines is 2. The molecule has 240 valence electrons. The molecule has 1 N–H and O–H groups in total. The van der Waals surface area contributed by atoms with E-state index in [9.17, 15) is 9.18 Å². The number of carbonyl (C=O) groups is 1. The van der Waals surface area contributed by atoms with Gasteiger partial charge in [-0.2, -0.15) is 6.20 Å². The molecule has 44 heavy (non-hydrogen) atoms. The minimum atomic E-state index is -0.440. The van der Waals surface area contributed by atoms with E-state index >= 15 is 0 Å². The van der Waals surface area contributed by atoms with E-state index in [2.05, 4.69) is 38.2 Å². The van der Waals surface area contributed by atoms with E-state index in [0.29, 0.717) is 5.70 Å². The van der Waals surface area contributed by atoms with Crippen LogP contribution < -0.4 is 15.1 Å². The van der Waals surface area contributed by atoms with Gasteiger partial charge in [0.15, 0.2) is 0 Å². The first-order chi connectivity index (χ1) is 20.4. The van der Waals surface area contributed by atoms with Crippen molar-refractivity contribution in [1.29, 1.82) is 0 Å². The number of nitrogens with one attached hydrogen (secondary N) is 1. The maximum Gasteiger partial charge on any atom is 0.410 e. The van der Waals surface area contributed by atoms with Crippen LogP contribution in [-0.2, 0) is 11.2 Å². The number of allylic oxidation sites excluding steroid dienone is 5. The first-order valence-corrected chi connectivity index (χ1v) is 15.4. The number of amides is 1. The van der Waals surface area contributed by atoms with Crippen molar-refractivity contribution >= 4 is 23.3 Å². The zero-order valence-corrected chi connectivity index (χ0v) is 31.9. The van der Waals surface area contributed by atoms with Gasteiger partial charge in [0.05, 0.1) is 17.8 Å². The molecule has 3 aliphatic rings. The third-order valence-corrected chi connectivity index (χ3v) is 7.82. The molecule has 8 nitrogen and oxygen atoms in total. The van der Waals surface area contributed by atoms with Crippen LogP contribution >= 0.6 is 0 Å². The molecule has 2 saturated heterocycles. The van der Waals surface area contributed by atoms with Crippen LogP contribution in [0.1, 0.15) is 79.7 Å². The molecule has 0 aliphatic carbocycles. The fourth-order valence-corrected chi connectivity index (χ4v) is 5.75. The predicted molar refractivity (Wildman–Crippen MR) is 175 cm³/mol. The van der Waals surface area contributed by atoms with Crippen LogP contribution in [0.4, 0.5) is 20.7 Å². The number of aliphatic imine (C=N–C) groups is 1. The SMILES string of the molecule is CN1CCc2c(N3CC4CCC(C3)N4C(=O)OC(C)(C)C)ccnc21.[CH-]=CNC(=C/C)/C(F)=C\C(CCC)=N/C(C)=C\C.[U]. The number of hydrogen-bond acceptors (Lipinski definition) is 7. The van der Waals surface area contributed by atoms with Crippen LogP contribution in [0.15, 0.2) is 58.9 Å². The molecule has 1 aromatic rings. The molecule has 4 heterocycles. The van der Waals surface area contributed by atoms with E-state index in [1.165, 1.54) is 23.5 Å². The molecule has 0 saturated carbocycles. The van der Waals surface area contributed by atoms with Gasteiger partial charge in [-0.1, -0.05) is 25.5 Å². The number of ether oxygens (including phenoxy) is 1. The summed E-state index contributed by atoms with van der Waals surface area (Å²) in [4.78, 5) is 28.2. The van der Waals surface area contributed by atoms with Crippen molar-refractivity contribution in [2.45, 2.75) is 98.3 Å². The number of rotatable bonds is 8. The Morgan fingerprint density at radius 3 is 2.43 bits per heavy atom. The van der Waals surface area contributed by atoms with E-state index in [1.54, 1.807) is 13.0 Å². The molecule has 0 spiro atoms. The summed E-state index contributed by atoms with van der Waals surface area (Å²) < 4.78 is 19.6. The Morgan fingerprint density at radius 2 is 1.89 bits per heavy atom. The van der Waals surface area contributed by atoms with Crippen molar-refractivity contribution in [3.8, 4) is 0 Å². The second-order valence-corrected chi connectivity index (χ2v) is 12.3. The van der Waals surface area contributed by atoms with Gasteiger partial charge in [-0.15, -0.1) is 0 Å². The Hall–Kier alpha value is -2.57. The molecule has 4 rings (SSSR count). The second kappa shape index (κ2) is 17.2. The fraction of sp³-hybridized carbons (Fsp3) is 0.559. The normalized spacial score (nSPS) is 20.4. The number of likely N-dealkylation sites (N-methyl/N-ethyl adjacent to an activating group) is 1. The standard InChI is InChI=1S/C19H28N4O2.C15H22FN2.U/c1-19(2,3)25-18(24)23-13-5-6-14(23)12-22(11-13)16-7-9-20-17-15(16)8-10-21(17)4;1-6-10-13(18-12(5)7-2)11-14(16)15(8-3)17-9-4;/h7,9,13-14H,5-6,8,10-12H2,1-4H3;4,7-9,11,17H,6,10H2,1-3,5H3;/q;-1;/b;12-7-,14-11+,15-8+,18-13-;. The molecule has 2 fully saturated rings. The van der Waals surface area contributed by atoms with Gasteiger partial charge in [-0.05, 0) is 79.4 Å². The molecular weight excluding hydrogens is 781 g/mol. The number of aromatic nitrogens is 1. The molecule has 1 aromatic heterocycles. The minimum Gasteiger partial charge on any atom is -0.497 e. The van der Waals surface area contributed by atoms with Crippen LogP contribution in [0.5, 0.6) is 0 Å². The fourth-order valence-electron chi connectivity index (χ4n) is 5.75. The van der Waals surface area contributed by atoms with Crippen molar-refractivity contribution in [2.24, 2.45) is 4.99 Å². The zero-order valence-electron chi connectivity index (χ0n) is 27.8. The van der Waals surface area contributed by atoms with E-state index in [0.717, 1.165) is 69.0 Å². The van der Waals surface area contributed by atoms with E-state index in [4.69, 9.17) is 11.3 Å². The third kappa shape index (κ3) is 9.97. The predicted octanol–water partition coefficient (Wildman–Crippen LogP) is 7.11. The molecule has 0 aromatic carbocycles. The van der Waals surface area contributed by atoms with Crippen molar-refractivity contribution in [3.05, 3.63) is 66.1 Å². The van der Waals surface area contributed by atoms with Crippen molar-refractivity contribution in [2.75, 3.05) is 36.5 Å². The van der Waals surface area contributed by atoms with Gasteiger partial charge >= 0.3 is 6.09 Å². The Labute approximate surface area is 288 Å². The number of nitrogens with zero attached hydrogens (tertiary/aromatic N) is 5. The van der Waals surface area contributed by atoms with E-state index in [-0.39, 0.29) is 55.1 Å². The monoisotopic (exact) mass is 831 g/mol. The summed E-state index contributed by atoms with van der Waals surface area (Å²) in [5.41, 5.74) is 4.17. The molecule has 3 aliphatic heterocycles. The van der Waals surface area contributed by atoms with Gasteiger partial charge < -0.3 is 26.4 Å². The Bertz CT molecular complexity index is 1250. The smallest absolute Gasteiger partial charge is 0.410 e. The number of piperazine rings is 1. The topological polar surface area (TPSA) is 73.3 Å². The van der Waals surface area contributed by atoms with Crippen LogP contribution in [0.3, 0.4) is 0 Å². The largest absolute Gasteiger partial charge is 0.497 e. The Balaban J connectivity index is 0.000000319. The number of fused-ring (bicyclic) bond motifs is 3. The molecule has 0 radical (unpaired) electrons. The van der Waals surface area contributed by atoms with Crippen LogP contribution in [0.2, 0.25) is 0 Å². The van der Waals surface area contributed by atoms with Crippen LogP contribution in [0.25, 0.3) is 0 Å². The van der Waals surface area contributed by atoms with Crippen LogP contribution in [0, 0.1) is 37.7 Å². The number of hydrogen-bond donors (Lipinski definition) is 1. The van der Waals surface area contributed by atoms with E-state index < -0.39 is 5.60 Å². The molecule has 2 atom stereocenters. The molecule has 2 bridgehead atoms. The van der Waals surface area contributed by atoms with E-state index in [1.807, 2.05) is 58.7 Å². The quantitative estimate of drug-likeness (QED) is 0.171. The van der Waals surface area contributed by atoms with Crippen molar-refractivity contribution in [3.63, 3.8) is 0 Å². The van der Waals surface area contributed by atoms with Crippen molar-refractivity contribution in [1.82, 2.24) is 15.2 Å². The summed E-state index contributed by atoms with van der Waals surface area (Å²) in [5.74, 6) is 0.745. The Morgan fingerprint density at radius 1 is 1.23 bits per heavy atom. The summed E-state index contributed by atoms with van der Waals surface area (Å²) in [6.07, 6.45) is 12.8. The Kier molecular flexibility index (Phi) is 14.7. The summed E-state index contributed by atoms with van der Waals surface area (Å²) in [5, 5.41) is 2.65. The van der Waals surface area contributed by atoms with Crippen LogP contribution in [-0.4, -0.2) is 66.1 Å². The molecule has 2 unspecified atom stereocenters. The average molecular weight is 832 g/mol. The van der Waals surface area contributed by atoms with Crippen molar-refractivity contribution < 1.29 is 45.0 Å². The van der Waals surface area contributed by atoms with Gasteiger partial charge in [0, 0.05) is 86.7 Å². The van der Waals surface area contributed by atoms with Gasteiger partial charge in [-0.3, -0.25) is 9.89 Å². The molecular formula is C34H50FN6O2U-. The molecule has 1 amide bonds. The average Bonchev–Trinajstić information content (AvgIpc) is 3.46. The first kappa shape index (κ1) is 37.6. The third-order valence-electron chi connectivity index (χ3n) is 7.82. The number of carbonyl (C=O) groups excluding carboxylic acids is 1. The van der Waals surface area contributed by atoms with Gasteiger partial charge in [0.1, 0.15) is 17.2 Å². The minimum absolute atomic E-state index is 0. The van der Waals surface area contributed by atoms with Gasteiger partial charge in [0.2, 0.25) is 0 Å². The summed E-state index contributed by atoms with van der Waals surface area (Å²) in [6, 6.07) is 2.63. The molecule has 10 heteroatoms. The maximum atomic E-state index is 13.9. The maximum absolute atomic E-state index is 13.9. The van der Waals surface area contributed by atoms with Gasteiger partial charge in [0.25, 0.3) is 0 Å². The number of pyridine rings is 1.